The average Bonchev–Trinajstić information content (AvgIpc) is 2.44. The van der Waals surface area contributed by atoms with E-state index in [2.05, 4.69) is 5.43 Å². The Bertz CT molecular complexity index is 512. The molecule has 6 heteroatoms. The van der Waals surface area contributed by atoms with Crippen LogP contribution in [-0.4, -0.2) is 55.2 Å². The number of hydrogen-bond acceptors (Lipinski definition) is 4. The summed E-state index contributed by atoms with van der Waals surface area (Å²) in [5.41, 5.74) is 3.26. The van der Waals surface area contributed by atoms with E-state index in [1.165, 1.54) is 6.08 Å². The number of hydrazine groups is 1. The summed E-state index contributed by atoms with van der Waals surface area (Å²) in [6.07, 6.45) is 3.50. The Morgan fingerprint density at radius 2 is 1.86 bits per heavy atom. The first-order valence-electron chi connectivity index (χ1n) is 6.45. The monoisotopic (exact) mass is 289 g/mol. The zero-order valence-electron chi connectivity index (χ0n) is 12.2. The van der Waals surface area contributed by atoms with Gasteiger partial charge in [0.2, 0.25) is 0 Å². The molecule has 0 aliphatic carbocycles. The van der Waals surface area contributed by atoms with Gasteiger partial charge in [-0.15, -0.1) is 0 Å². The van der Waals surface area contributed by atoms with Gasteiger partial charge in [0, 0.05) is 6.08 Å². The Hall–Kier alpha value is -2.47. The van der Waals surface area contributed by atoms with Crippen molar-refractivity contribution in [3.63, 3.8) is 0 Å². The number of rotatable bonds is 6. The molecule has 0 aliphatic heterocycles. The number of amides is 2. The summed E-state index contributed by atoms with van der Waals surface area (Å²) in [5.74, 6) is -0.818. The lowest BCUT2D eigenvalue weighted by Gasteiger charge is -2.20. The van der Waals surface area contributed by atoms with Crippen molar-refractivity contribution >= 4 is 24.2 Å². The molecule has 21 heavy (non-hydrogen) atoms. The molecule has 0 bridgehead atoms. The van der Waals surface area contributed by atoms with Gasteiger partial charge >= 0.3 is 0 Å². The second-order valence-electron chi connectivity index (χ2n) is 4.63. The molecule has 1 N–H and O–H groups in total. The minimum Gasteiger partial charge on any atom is -0.301 e. The lowest BCUT2D eigenvalue weighted by molar-refractivity contribution is -0.139. The van der Waals surface area contributed by atoms with Crippen LogP contribution in [0.15, 0.2) is 36.4 Å². The van der Waals surface area contributed by atoms with Gasteiger partial charge in [-0.1, -0.05) is 30.3 Å². The van der Waals surface area contributed by atoms with Crippen molar-refractivity contribution < 1.29 is 14.4 Å². The van der Waals surface area contributed by atoms with E-state index in [1.807, 2.05) is 30.3 Å². The lowest BCUT2D eigenvalue weighted by atomic mass is 10.2. The van der Waals surface area contributed by atoms with E-state index in [4.69, 9.17) is 0 Å². The fourth-order valence-corrected chi connectivity index (χ4v) is 1.56. The van der Waals surface area contributed by atoms with Gasteiger partial charge in [0.15, 0.2) is 0 Å². The summed E-state index contributed by atoms with van der Waals surface area (Å²) in [6, 6.07) is 9.27. The first-order valence-corrected chi connectivity index (χ1v) is 6.45. The number of nitrogens with one attached hydrogen (secondary N) is 1. The number of likely N-dealkylation sites (N-methyl/N-ethyl adjacent to an activating group) is 1. The van der Waals surface area contributed by atoms with Gasteiger partial charge in [0.1, 0.15) is 6.29 Å². The highest BCUT2D eigenvalue weighted by Gasteiger charge is 2.13. The van der Waals surface area contributed by atoms with Crippen LogP contribution in [0.4, 0.5) is 0 Å². The fourth-order valence-electron chi connectivity index (χ4n) is 1.56. The second kappa shape index (κ2) is 8.65. The van der Waals surface area contributed by atoms with Crippen LogP contribution in [0.1, 0.15) is 5.56 Å². The molecule has 0 fully saturated rings. The van der Waals surface area contributed by atoms with Crippen LogP contribution in [0, 0.1) is 0 Å². The van der Waals surface area contributed by atoms with E-state index in [0.29, 0.717) is 6.29 Å². The Kier molecular flexibility index (Phi) is 6.83. The number of carbonyl (C=O) groups is 3. The van der Waals surface area contributed by atoms with E-state index >= 15 is 0 Å². The third kappa shape index (κ3) is 6.49. The molecule has 0 heterocycles. The highest BCUT2D eigenvalue weighted by atomic mass is 16.2. The first kappa shape index (κ1) is 16.6. The Balaban J connectivity index is 2.66. The minimum absolute atomic E-state index is 0.130. The van der Waals surface area contributed by atoms with Gasteiger partial charge in [0.05, 0.1) is 13.1 Å². The maximum atomic E-state index is 12.0. The fraction of sp³-hybridized carbons (Fsp3) is 0.267. The SMILES string of the molecule is CN(C)CC(=O)NN(CC=O)C(=O)/C=C/c1ccccc1. The van der Waals surface area contributed by atoms with Crippen LogP contribution in [-0.2, 0) is 14.4 Å². The molecule has 0 aliphatic rings. The van der Waals surface area contributed by atoms with E-state index in [9.17, 15) is 14.4 Å². The topological polar surface area (TPSA) is 69.7 Å². The van der Waals surface area contributed by atoms with E-state index in [1.54, 1.807) is 25.1 Å². The molecule has 0 saturated heterocycles. The zero-order valence-corrected chi connectivity index (χ0v) is 12.2. The molecule has 1 aromatic carbocycles. The normalized spacial score (nSPS) is 10.6. The number of benzene rings is 1. The molecule has 0 atom stereocenters. The summed E-state index contributed by atoms with van der Waals surface area (Å²) < 4.78 is 0. The summed E-state index contributed by atoms with van der Waals surface area (Å²) >= 11 is 0. The predicted molar refractivity (Wildman–Crippen MR) is 79.9 cm³/mol. The minimum atomic E-state index is -0.460. The van der Waals surface area contributed by atoms with Crippen molar-refractivity contribution in [3.05, 3.63) is 42.0 Å². The highest BCUT2D eigenvalue weighted by molar-refractivity contribution is 5.94. The molecule has 0 spiro atoms. The molecule has 0 unspecified atom stereocenters. The molecule has 2 amide bonds. The molecular formula is C15H19N3O3. The number of hydrogen-bond donors (Lipinski definition) is 1. The molecule has 0 aromatic heterocycles. The van der Waals surface area contributed by atoms with Crippen molar-refractivity contribution in [2.45, 2.75) is 0 Å². The average molecular weight is 289 g/mol. The van der Waals surface area contributed by atoms with Crippen LogP contribution in [0.25, 0.3) is 6.08 Å². The van der Waals surface area contributed by atoms with Crippen LogP contribution >= 0.6 is 0 Å². The van der Waals surface area contributed by atoms with E-state index in [-0.39, 0.29) is 19.0 Å². The van der Waals surface area contributed by atoms with E-state index in [0.717, 1.165) is 10.6 Å². The maximum absolute atomic E-state index is 12.0. The predicted octanol–water partition coefficient (Wildman–Crippen LogP) is 0.320. The van der Waals surface area contributed by atoms with Crippen molar-refractivity contribution in [3.8, 4) is 0 Å². The van der Waals surface area contributed by atoms with Crippen molar-refractivity contribution in [2.24, 2.45) is 0 Å². The maximum Gasteiger partial charge on any atom is 0.265 e. The smallest absolute Gasteiger partial charge is 0.265 e. The molecule has 1 rings (SSSR count). The van der Waals surface area contributed by atoms with E-state index < -0.39 is 5.91 Å². The van der Waals surface area contributed by atoms with Crippen LogP contribution < -0.4 is 5.43 Å². The third-order valence-corrected chi connectivity index (χ3v) is 2.46. The van der Waals surface area contributed by atoms with Crippen LogP contribution in [0.2, 0.25) is 0 Å². The molecule has 0 radical (unpaired) electrons. The van der Waals surface area contributed by atoms with Crippen LogP contribution in [0.3, 0.4) is 0 Å². The van der Waals surface area contributed by atoms with Gasteiger partial charge in [0.25, 0.3) is 11.8 Å². The van der Waals surface area contributed by atoms with Crippen molar-refractivity contribution in [1.82, 2.24) is 15.3 Å². The molecule has 112 valence electrons. The summed E-state index contributed by atoms with van der Waals surface area (Å²) in [5, 5.41) is 0.984. The van der Waals surface area contributed by atoms with Crippen molar-refractivity contribution in [2.75, 3.05) is 27.2 Å². The number of carbonyl (C=O) groups excluding carboxylic acids is 3. The molecule has 0 saturated carbocycles. The van der Waals surface area contributed by atoms with Gasteiger partial charge < -0.3 is 9.69 Å². The molecular weight excluding hydrogens is 270 g/mol. The molecule has 6 nitrogen and oxygen atoms in total. The number of aldehydes is 1. The summed E-state index contributed by atoms with van der Waals surface area (Å²) in [6.45, 7) is -0.0673. The zero-order chi connectivity index (χ0) is 15.7. The quantitative estimate of drug-likeness (QED) is 0.465. The first-order chi connectivity index (χ1) is 10.0. The highest BCUT2D eigenvalue weighted by Crippen LogP contribution is 2.01. The van der Waals surface area contributed by atoms with Gasteiger partial charge in [-0.2, -0.15) is 0 Å². The Labute approximate surface area is 124 Å². The summed E-state index contributed by atoms with van der Waals surface area (Å²) in [7, 11) is 3.47. The largest absolute Gasteiger partial charge is 0.301 e. The molecule has 1 aromatic rings. The van der Waals surface area contributed by atoms with Crippen molar-refractivity contribution in [1.29, 1.82) is 0 Å². The van der Waals surface area contributed by atoms with Gasteiger partial charge in [-0.3, -0.25) is 15.0 Å². The lowest BCUT2D eigenvalue weighted by Crippen LogP contribution is -2.49. The number of nitrogens with zero attached hydrogens (tertiary/aromatic N) is 2. The van der Waals surface area contributed by atoms with Crippen LogP contribution in [0.5, 0.6) is 0 Å². The Morgan fingerprint density at radius 3 is 2.43 bits per heavy atom. The third-order valence-electron chi connectivity index (χ3n) is 2.46. The van der Waals surface area contributed by atoms with Gasteiger partial charge in [-0.25, -0.2) is 5.01 Å². The van der Waals surface area contributed by atoms with Gasteiger partial charge in [-0.05, 0) is 25.7 Å². The Morgan fingerprint density at radius 1 is 1.19 bits per heavy atom. The summed E-state index contributed by atoms with van der Waals surface area (Å²) in [4.78, 5) is 35.9. The second-order valence-corrected chi connectivity index (χ2v) is 4.63. The standard InChI is InChI=1S/C15H19N3O3/c1-17(2)12-14(20)16-18(10-11-19)15(21)9-8-13-6-4-3-5-7-13/h3-9,11H,10,12H2,1-2H3,(H,16,20)/b9-8+.